The summed E-state index contributed by atoms with van der Waals surface area (Å²) in [6.45, 7) is 8.57. The number of nitrogens with zero attached hydrogens (tertiary/aromatic N) is 5. The zero-order valence-corrected chi connectivity index (χ0v) is 21.5. The van der Waals surface area contributed by atoms with Crippen LogP contribution in [0.25, 0.3) is 22.8 Å². The van der Waals surface area contributed by atoms with E-state index in [2.05, 4.69) is 28.6 Å². The third kappa shape index (κ3) is 3.91. The van der Waals surface area contributed by atoms with Crippen molar-refractivity contribution in [3.8, 4) is 22.9 Å². The molecule has 6 rings (SSSR count). The molecular formula is C29H27N5O2S. The van der Waals surface area contributed by atoms with Crippen LogP contribution in [0.4, 0.5) is 5.82 Å². The lowest BCUT2D eigenvalue weighted by Crippen LogP contribution is -2.59. The summed E-state index contributed by atoms with van der Waals surface area (Å²) in [5.74, 6) is 0.821. The number of benzene rings is 1. The number of thiazole rings is 1. The van der Waals surface area contributed by atoms with E-state index >= 15 is 0 Å². The Bertz CT molecular complexity index is 1510. The fraction of sp³-hybridized carbons (Fsp3) is 0.310. The first-order chi connectivity index (χ1) is 17.9. The number of carbonyl (C=O) groups is 1. The molecular weight excluding hydrogens is 482 g/mol. The fourth-order valence-corrected chi connectivity index (χ4v) is 6.88. The van der Waals surface area contributed by atoms with E-state index in [1.54, 1.807) is 23.5 Å². The number of anilines is 1. The first-order valence-electron chi connectivity index (χ1n) is 12.4. The van der Waals surface area contributed by atoms with Crippen molar-refractivity contribution in [3.05, 3.63) is 69.8 Å². The van der Waals surface area contributed by atoms with Gasteiger partial charge in [0.05, 0.1) is 21.8 Å². The minimum atomic E-state index is -0.0316. The van der Waals surface area contributed by atoms with Gasteiger partial charge in [-0.3, -0.25) is 4.79 Å². The lowest BCUT2D eigenvalue weighted by Gasteiger charge is -2.47. The van der Waals surface area contributed by atoms with Crippen molar-refractivity contribution in [1.82, 2.24) is 14.9 Å². The normalized spacial score (nSPS) is 17.7. The molecule has 0 unspecified atom stereocenters. The predicted octanol–water partition coefficient (Wildman–Crippen LogP) is 4.80. The summed E-state index contributed by atoms with van der Waals surface area (Å²) in [6.07, 6.45) is 6.06. The fourth-order valence-electron chi connectivity index (χ4n) is 6.02. The van der Waals surface area contributed by atoms with Crippen molar-refractivity contribution in [2.75, 3.05) is 31.1 Å². The third-order valence-corrected chi connectivity index (χ3v) is 8.83. The number of phenolic OH excluding ortho intramolecular Hbond substituents is 1. The van der Waals surface area contributed by atoms with Crippen LogP contribution in [0.1, 0.15) is 40.2 Å². The molecule has 2 fully saturated rings. The number of carbonyl (C=O) groups excluding carboxylic acids is 1. The van der Waals surface area contributed by atoms with Crippen LogP contribution in [0.15, 0.2) is 42.4 Å². The quantitative estimate of drug-likeness (QED) is 0.508. The van der Waals surface area contributed by atoms with Gasteiger partial charge in [0.2, 0.25) is 5.91 Å². The van der Waals surface area contributed by atoms with E-state index in [1.165, 1.54) is 16.5 Å². The van der Waals surface area contributed by atoms with E-state index in [-0.39, 0.29) is 17.1 Å². The summed E-state index contributed by atoms with van der Waals surface area (Å²) in [4.78, 5) is 26.8. The lowest BCUT2D eigenvalue weighted by molar-refractivity contribution is -0.136. The van der Waals surface area contributed by atoms with Crippen LogP contribution in [0.5, 0.6) is 5.75 Å². The molecule has 0 bridgehead atoms. The van der Waals surface area contributed by atoms with Gasteiger partial charge in [0.25, 0.3) is 0 Å². The molecule has 0 radical (unpaired) electrons. The van der Waals surface area contributed by atoms with Crippen LogP contribution in [0, 0.1) is 23.7 Å². The second-order valence-corrected chi connectivity index (χ2v) is 11.1. The number of aryl methyl sites for hydroxylation is 1. The van der Waals surface area contributed by atoms with Crippen LogP contribution in [0.2, 0.25) is 0 Å². The molecule has 186 valence electrons. The molecule has 2 saturated heterocycles. The Morgan fingerprint density at radius 3 is 2.84 bits per heavy atom. The maximum Gasteiger partial charge on any atom is 0.245 e. The highest BCUT2D eigenvalue weighted by Gasteiger charge is 2.49. The zero-order chi connectivity index (χ0) is 25.7. The van der Waals surface area contributed by atoms with Crippen LogP contribution in [0.3, 0.4) is 0 Å². The summed E-state index contributed by atoms with van der Waals surface area (Å²) in [5.41, 5.74) is 8.27. The van der Waals surface area contributed by atoms with Gasteiger partial charge in [0, 0.05) is 37.2 Å². The average Bonchev–Trinajstić information content (AvgIpc) is 3.52. The van der Waals surface area contributed by atoms with Crippen molar-refractivity contribution in [2.24, 2.45) is 5.41 Å². The Kier molecular flexibility index (Phi) is 5.61. The maximum atomic E-state index is 12.0. The molecule has 7 nitrogen and oxygen atoms in total. The summed E-state index contributed by atoms with van der Waals surface area (Å²) < 4.78 is 0. The van der Waals surface area contributed by atoms with Gasteiger partial charge in [-0.1, -0.05) is 18.7 Å². The van der Waals surface area contributed by atoms with Crippen LogP contribution in [-0.4, -0.2) is 52.1 Å². The highest BCUT2D eigenvalue weighted by Crippen LogP contribution is 2.45. The van der Waals surface area contributed by atoms with E-state index in [4.69, 9.17) is 4.98 Å². The number of likely N-dealkylation sites (tertiary alicyclic amines) is 1. The minimum absolute atomic E-state index is 0.0227. The summed E-state index contributed by atoms with van der Waals surface area (Å²) in [7, 11) is 0. The monoisotopic (exact) mass is 509 g/mol. The molecule has 1 spiro atoms. The Morgan fingerprint density at radius 1 is 1.30 bits per heavy atom. The second-order valence-electron chi connectivity index (χ2n) is 10.2. The predicted molar refractivity (Wildman–Crippen MR) is 145 cm³/mol. The molecule has 3 aromatic rings. The van der Waals surface area contributed by atoms with Gasteiger partial charge < -0.3 is 14.9 Å². The van der Waals surface area contributed by atoms with Gasteiger partial charge in [-0.25, -0.2) is 9.97 Å². The van der Waals surface area contributed by atoms with Crippen molar-refractivity contribution in [1.29, 1.82) is 5.26 Å². The first kappa shape index (κ1) is 23.4. The number of aromatic nitrogens is 2. The number of rotatable bonds is 4. The number of pyridine rings is 1. The SMILES string of the molecule is C=CC(=O)N1CC2(CCN(c3nc4c(c(-c5cccc(O)c5)c3C#N)CCC(c3scnc3C)=C4)C2)C1. The summed E-state index contributed by atoms with van der Waals surface area (Å²) in [6, 6.07) is 9.59. The standard InChI is InChI=1S/C29H27N5O2S/c1-3-25(36)34-15-29(16-34)9-10-33(14-29)28-23(13-30)26(19-5-4-6-21(35)11-19)22-8-7-20(12-24(22)32-28)27-18(2)31-17-37-27/h3-6,11-12,17,35H,1,7-10,14-16H2,2H3. The Balaban J connectivity index is 1.46. The molecule has 8 heteroatoms. The van der Waals surface area contributed by atoms with E-state index < -0.39 is 0 Å². The number of fused-ring (bicyclic) bond motifs is 1. The Hall–Kier alpha value is -3.96. The Labute approximate surface area is 220 Å². The van der Waals surface area contributed by atoms with Crippen molar-refractivity contribution < 1.29 is 9.90 Å². The molecule has 1 aromatic carbocycles. The van der Waals surface area contributed by atoms with Gasteiger partial charge in [0.1, 0.15) is 23.2 Å². The van der Waals surface area contributed by atoms with E-state index in [0.717, 1.165) is 60.4 Å². The third-order valence-electron chi connectivity index (χ3n) is 7.83. The van der Waals surface area contributed by atoms with Crippen LogP contribution < -0.4 is 4.90 Å². The zero-order valence-electron chi connectivity index (χ0n) is 20.7. The van der Waals surface area contributed by atoms with Crippen LogP contribution >= 0.6 is 11.3 Å². The second kappa shape index (κ2) is 8.86. The molecule has 1 N–H and O–H groups in total. The lowest BCUT2D eigenvalue weighted by atomic mass is 9.79. The number of allylic oxidation sites excluding steroid dienone is 1. The van der Waals surface area contributed by atoms with Crippen molar-refractivity contribution in [2.45, 2.75) is 26.2 Å². The molecule has 37 heavy (non-hydrogen) atoms. The minimum Gasteiger partial charge on any atom is -0.508 e. The summed E-state index contributed by atoms with van der Waals surface area (Å²) in [5, 5.41) is 20.7. The highest BCUT2D eigenvalue weighted by atomic mass is 32.1. The number of phenols is 1. The van der Waals surface area contributed by atoms with Gasteiger partial charge >= 0.3 is 0 Å². The molecule has 3 aliphatic rings. The van der Waals surface area contributed by atoms with Gasteiger partial charge in [0.15, 0.2) is 0 Å². The van der Waals surface area contributed by atoms with Gasteiger partial charge in [-0.05, 0) is 67.2 Å². The number of hydrogen-bond acceptors (Lipinski definition) is 7. The van der Waals surface area contributed by atoms with E-state index in [1.807, 2.05) is 29.5 Å². The number of amides is 1. The largest absolute Gasteiger partial charge is 0.508 e. The van der Waals surface area contributed by atoms with Crippen LogP contribution in [-0.2, 0) is 11.2 Å². The topological polar surface area (TPSA) is 93.4 Å². The number of hydrogen-bond donors (Lipinski definition) is 1. The van der Waals surface area contributed by atoms with Crippen molar-refractivity contribution >= 4 is 34.7 Å². The molecule has 2 aromatic heterocycles. The van der Waals surface area contributed by atoms with E-state index in [9.17, 15) is 15.2 Å². The van der Waals surface area contributed by atoms with E-state index in [0.29, 0.717) is 24.5 Å². The molecule has 1 aliphatic carbocycles. The summed E-state index contributed by atoms with van der Waals surface area (Å²) >= 11 is 1.64. The van der Waals surface area contributed by atoms with Crippen molar-refractivity contribution in [3.63, 3.8) is 0 Å². The molecule has 0 atom stereocenters. The molecule has 2 aliphatic heterocycles. The maximum absolute atomic E-state index is 12.0. The average molecular weight is 510 g/mol. The molecule has 0 saturated carbocycles. The smallest absolute Gasteiger partial charge is 0.245 e. The van der Waals surface area contributed by atoms with Gasteiger partial charge in [-0.15, -0.1) is 11.3 Å². The highest BCUT2D eigenvalue weighted by molar-refractivity contribution is 7.11. The molecule has 4 heterocycles. The number of aromatic hydroxyl groups is 1. The number of nitriles is 1. The first-order valence-corrected chi connectivity index (χ1v) is 13.3. The Morgan fingerprint density at radius 2 is 2.14 bits per heavy atom. The van der Waals surface area contributed by atoms with Gasteiger partial charge in [-0.2, -0.15) is 5.26 Å². The molecule has 1 amide bonds.